The number of nitrogens with zero attached hydrogens (tertiary/aromatic N) is 3. The Morgan fingerprint density at radius 3 is 2.52 bits per heavy atom. The normalized spacial score (nSPS) is 11.9. The first-order chi connectivity index (χ1) is 20.8. The Morgan fingerprint density at radius 2 is 1.89 bits per heavy atom. The van der Waals surface area contributed by atoms with E-state index >= 15 is 0 Å². The molecule has 236 valence electrons. The lowest BCUT2D eigenvalue weighted by atomic mass is 10.1. The van der Waals surface area contributed by atoms with Gasteiger partial charge < -0.3 is 34.7 Å². The monoisotopic (exact) mass is 621 g/mol. The van der Waals surface area contributed by atoms with Gasteiger partial charge in [0.2, 0.25) is 11.8 Å². The van der Waals surface area contributed by atoms with Crippen molar-refractivity contribution in [2.75, 3.05) is 33.1 Å². The summed E-state index contributed by atoms with van der Waals surface area (Å²) in [5, 5.41) is 14.7. The smallest absolute Gasteiger partial charge is 0.416 e. The van der Waals surface area contributed by atoms with Crippen LogP contribution < -0.4 is 20.9 Å². The van der Waals surface area contributed by atoms with E-state index in [2.05, 4.69) is 15.4 Å². The van der Waals surface area contributed by atoms with Crippen LogP contribution in [0.15, 0.2) is 53.5 Å². The predicted molar refractivity (Wildman–Crippen MR) is 152 cm³/mol. The molecule has 0 radical (unpaired) electrons. The molecule has 0 bridgehead atoms. The third kappa shape index (κ3) is 8.39. The van der Waals surface area contributed by atoms with Crippen LogP contribution in [0.3, 0.4) is 0 Å². The average molecular weight is 622 g/mol. The Labute approximate surface area is 248 Å². The highest BCUT2D eigenvalue weighted by Gasteiger charge is 2.23. The summed E-state index contributed by atoms with van der Waals surface area (Å²) in [6.07, 6.45) is -0.945. The van der Waals surface area contributed by atoms with Crippen LogP contribution in [0.2, 0.25) is 0 Å². The molecule has 44 heavy (non-hydrogen) atoms. The zero-order valence-electron chi connectivity index (χ0n) is 23.9. The van der Waals surface area contributed by atoms with E-state index in [9.17, 15) is 42.3 Å². The number of likely N-dealkylation sites (N-methyl/N-ethyl adjacent to an activating group) is 1. The van der Waals surface area contributed by atoms with Crippen LogP contribution in [0.1, 0.15) is 18.5 Å². The number of hydrogen-bond donors (Lipinski definition) is 3. The van der Waals surface area contributed by atoms with Gasteiger partial charge in [-0.3, -0.25) is 14.4 Å². The van der Waals surface area contributed by atoms with Crippen molar-refractivity contribution in [2.45, 2.75) is 31.9 Å². The number of halogens is 3. The van der Waals surface area contributed by atoms with Crippen LogP contribution in [-0.2, 0) is 20.9 Å². The standard InChI is InChI=1S/C28H30F3N5O8/c1-34(2)23(37)9-5-4-7-19(33-27(40)43-3)25(38)32-20-8-6-10-35(26(20)39)14-18-12-16-11-17(29)13-21(44-15-22(30)31)24(16)36(18)28(41)42/h5-6,8-13,19,22H,4,7,14-15H2,1-3H3,(H,32,38)(H,33,40)(H,41,42)/b9-5+/t19-/m0/s1. The zero-order valence-corrected chi connectivity index (χ0v) is 23.9. The summed E-state index contributed by atoms with van der Waals surface area (Å²) in [6, 6.07) is 4.58. The number of fused-ring (bicyclic) bond motifs is 1. The summed E-state index contributed by atoms with van der Waals surface area (Å²) in [4.78, 5) is 63.4. The third-order valence-corrected chi connectivity index (χ3v) is 6.19. The van der Waals surface area contributed by atoms with Crippen molar-refractivity contribution in [3.63, 3.8) is 0 Å². The Balaban J connectivity index is 1.89. The zero-order chi connectivity index (χ0) is 32.6. The number of benzene rings is 1. The highest BCUT2D eigenvalue weighted by atomic mass is 19.3. The number of ether oxygens (including phenoxy) is 2. The van der Waals surface area contributed by atoms with Crippen LogP contribution in [0.25, 0.3) is 10.9 Å². The highest BCUT2D eigenvalue weighted by Crippen LogP contribution is 2.31. The van der Waals surface area contributed by atoms with Crippen LogP contribution in [0, 0.1) is 5.82 Å². The van der Waals surface area contributed by atoms with E-state index < -0.39 is 54.3 Å². The minimum absolute atomic E-state index is 0.0298. The van der Waals surface area contributed by atoms with Gasteiger partial charge in [-0.05, 0) is 43.2 Å². The minimum atomic E-state index is -2.90. The number of carboxylic acid groups (broad SMARTS) is 1. The molecule has 0 aliphatic rings. The predicted octanol–water partition coefficient (Wildman–Crippen LogP) is 3.25. The Hall–Kier alpha value is -5.28. The van der Waals surface area contributed by atoms with Gasteiger partial charge in [0.25, 0.3) is 12.0 Å². The van der Waals surface area contributed by atoms with E-state index in [1.807, 2.05) is 0 Å². The van der Waals surface area contributed by atoms with Crippen LogP contribution in [-0.4, -0.2) is 83.4 Å². The molecule has 0 spiro atoms. The first kappa shape index (κ1) is 33.2. The van der Waals surface area contributed by atoms with E-state index in [-0.39, 0.29) is 47.6 Å². The van der Waals surface area contributed by atoms with Gasteiger partial charge in [0.05, 0.1) is 19.3 Å². The highest BCUT2D eigenvalue weighted by molar-refractivity contribution is 5.96. The van der Waals surface area contributed by atoms with E-state index in [1.165, 1.54) is 41.4 Å². The van der Waals surface area contributed by atoms with E-state index in [0.717, 1.165) is 23.8 Å². The van der Waals surface area contributed by atoms with E-state index in [1.54, 1.807) is 14.1 Å². The number of aromatic nitrogens is 2. The Morgan fingerprint density at radius 1 is 1.16 bits per heavy atom. The van der Waals surface area contributed by atoms with Crippen LogP contribution in [0.4, 0.5) is 28.4 Å². The topological polar surface area (TPSA) is 161 Å². The van der Waals surface area contributed by atoms with Crippen molar-refractivity contribution in [3.8, 4) is 5.75 Å². The lowest BCUT2D eigenvalue weighted by Gasteiger charge is -2.17. The Bertz CT molecular complexity index is 1630. The molecule has 0 aliphatic heterocycles. The molecule has 0 fully saturated rings. The van der Waals surface area contributed by atoms with Crippen molar-refractivity contribution in [2.24, 2.45) is 0 Å². The van der Waals surface area contributed by atoms with Gasteiger partial charge in [-0.2, -0.15) is 0 Å². The van der Waals surface area contributed by atoms with Gasteiger partial charge in [0.15, 0.2) is 0 Å². The molecule has 1 atom stereocenters. The number of amides is 3. The second kappa shape index (κ2) is 14.8. The summed E-state index contributed by atoms with van der Waals surface area (Å²) >= 11 is 0. The molecule has 0 saturated heterocycles. The lowest BCUT2D eigenvalue weighted by Crippen LogP contribution is -2.44. The third-order valence-electron chi connectivity index (χ3n) is 6.19. The molecule has 16 heteroatoms. The molecule has 2 aromatic heterocycles. The molecule has 0 saturated carbocycles. The van der Waals surface area contributed by atoms with Crippen LogP contribution >= 0.6 is 0 Å². The molecular weight excluding hydrogens is 591 g/mol. The maximum atomic E-state index is 14.2. The van der Waals surface area contributed by atoms with Gasteiger partial charge in [0, 0.05) is 31.7 Å². The number of rotatable bonds is 12. The van der Waals surface area contributed by atoms with Crippen molar-refractivity contribution in [3.05, 3.63) is 70.5 Å². The molecule has 3 amide bonds. The van der Waals surface area contributed by atoms with Crippen molar-refractivity contribution in [1.82, 2.24) is 19.4 Å². The minimum Gasteiger partial charge on any atom is -0.485 e. The van der Waals surface area contributed by atoms with E-state index in [0.29, 0.717) is 4.57 Å². The largest absolute Gasteiger partial charge is 0.485 e. The number of nitrogens with one attached hydrogen (secondary N) is 2. The molecule has 2 heterocycles. The first-order valence-electron chi connectivity index (χ1n) is 13.0. The number of alkyl halides is 2. The van der Waals surface area contributed by atoms with Crippen LogP contribution in [0.5, 0.6) is 5.75 Å². The quantitative estimate of drug-likeness (QED) is 0.260. The number of anilines is 1. The molecule has 1 aromatic carbocycles. The van der Waals surface area contributed by atoms with Gasteiger partial charge >= 0.3 is 12.2 Å². The SMILES string of the molecule is COC(=O)N[C@@H](CC/C=C/C(=O)N(C)C)C(=O)Nc1cccn(Cc2cc3cc(F)cc(OCC(F)F)c3n2C(=O)O)c1=O. The van der Waals surface area contributed by atoms with E-state index in [4.69, 9.17) is 4.74 Å². The number of alkyl carbamates (subject to hydrolysis) is 1. The van der Waals surface area contributed by atoms with Gasteiger partial charge in [-0.25, -0.2) is 27.3 Å². The summed E-state index contributed by atoms with van der Waals surface area (Å²) in [6.45, 7) is -1.48. The van der Waals surface area contributed by atoms with Crippen molar-refractivity contribution >= 4 is 40.6 Å². The maximum Gasteiger partial charge on any atom is 0.416 e. The fourth-order valence-corrected chi connectivity index (χ4v) is 4.15. The summed E-state index contributed by atoms with van der Waals surface area (Å²) < 4.78 is 51.0. The second-order valence-electron chi connectivity index (χ2n) is 9.54. The number of pyridine rings is 1. The molecular formula is C28H30F3N5O8. The number of carbonyl (C=O) groups excluding carboxylic acids is 3. The van der Waals surface area contributed by atoms with Gasteiger partial charge in [-0.1, -0.05) is 6.08 Å². The summed E-state index contributed by atoms with van der Waals surface area (Å²) in [5.74, 6) is -2.32. The molecule has 0 aliphatic carbocycles. The molecule has 0 unspecified atom stereocenters. The molecule has 3 N–H and O–H groups in total. The van der Waals surface area contributed by atoms with Gasteiger partial charge in [0.1, 0.15) is 35.4 Å². The summed E-state index contributed by atoms with van der Waals surface area (Å²) in [5.41, 5.74) is -1.19. The number of carbonyl (C=O) groups is 4. The maximum absolute atomic E-state index is 14.2. The number of methoxy groups -OCH3 is 1. The lowest BCUT2D eigenvalue weighted by molar-refractivity contribution is -0.123. The molecule has 3 rings (SSSR count). The molecule has 13 nitrogen and oxygen atoms in total. The van der Waals surface area contributed by atoms with Crippen molar-refractivity contribution < 1.29 is 46.9 Å². The second-order valence-corrected chi connectivity index (χ2v) is 9.54. The number of allylic oxidation sites excluding steroid dienone is 1. The first-order valence-corrected chi connectivity index (χ1v) is 13.0. The fourth-order valence-electron chi connectivity index (χ4n) is 4.15. The fraction of sp³-hybridized carbons (Fsp3) is 0.321. The Kier molecular flexibility index (Phi) is 11.1. The van der Waals surface area contributed by atoms with Gasteiger partial charge in [-0.15, -0.1) is 0 Å². The summed E-state index contributed by atoms with van der Waals surface area (Å²) in [7, 11) is 4.24. The molecule has 3 aromatic rings. The number of hydrogen-bond acceptors (Lipinski definition) is 7. The van der Waals surface area contributed by atoms with Crippen molar-refractivity contribution in [1.29, 1.82) is 0 Å². The average Bonchev–Trinajstić information content (AvgIpc) is 3.32.